The molecule has 0 spiro atoms. The standard InChI is InChI=1S/C12H15ClN4/c1-17(2)12-4-3-9(7-11(12)13)14-8-10-5-6-15-16-10/h3-7,14H,8H2,1-2H3,(H,15,16). The van der Waals surface area contributed by atoms with Crippen LogP contribution in [0.4, 0.5) is 11.4 Å². The Balaban J connectivity index is 2.05. The first-order valence-corrected chi connectivity index (χ1v) is 5.73. The van der Waals surface area contributed by atoms with Crippen molar-refractivity contribution in [1.29, 1.82) is 0 Å². The molecule has 1 heterocycles. The molecule has 0 atom stereocenters. The molecule has 0 saturated heterocycles. The lowest BCUT2D eigenvalue weighted by molar-refractivity contribution is 0.981. The summed E-state index contributed by atoms with van der Waals surface area (Å²) in [7, 11) is 3.94. The summed E-state index contributed by atoms with van der Waals surface area (Å²) in [4.78, 5) is 1.99. The molecule has 0 fully saturated rings. The minimum Gasteiger partial charge on any atom is -0.379 e. The largest absolute Gasteiger partial charge is 0.379 e. The Morgan fingerprint density at radius 1 is 1.35 bits per heavy atom. The number of rotatable bonds is 4. The maximum absolute atomic E-state index is 6.18. The molecule has 1 aromatic heterocycles. The van der Waals surface area contributed by atoms with E-state index in [2.05, 4.69) is 15.5 Å². The van der Waals surface area contributed by atoms with E-state index < -0.39 is 0 Å². The fraction of sp³-hybridized carbons (Fsp3) is 0.250. The van der Waals surface area contributed by atoms with Gasteiger partial charge >= 0.3 is 0 Å². The number of aromatic amines is 1. The summed E-state index contributed by atoms with van der Waals surface area (Å²) < 4.78 is 0. The number of benzene rings is 1. The van der Waals surface area contributed by atoms with Crippen LogP contribution in [0.3, 0.4) is 0 Å². The molecular formula is C12H15ClN4. The Hall–Kier alpha value is -1.68. The normalized spacial score (nSPS) is 10.3. The minimum atomic E-state index is 0.706. The number of hydrogen-bond acceptors (Lipinski definition) is 3. The molecule has 90 valence electrons. The van der Waals surface area contributed by atoms with Gasteiger partial charge in [0.05, 0.1) is 22.9 Å². The van der Waals surface area contributed by atoms with Gasteiger partial charge in [0.1, 0.15) is 0 Å². The van der Waals surface area contributed by atoms with E-state index in [9.17, 15) is 0 Å². The van der Waals surface area contributed by atoms with Crippen LogP contribution in [0.1, 0.15) is 5.69 Å². The number of halogens is 1. The van der Waals surface area contributed by atoms with Gasteiger partial charge in [0.25, 0.3) is 0 Å². The number of H-pyrrole nitrogens is 1. The van der Waals surface area contributed by atoms with Crippen LogP contribution < -0.4 is 10.2 Å². The highest BCUT2D eigenvalue weighted by atomic mass is 35.5. The SMILES string of the molecule is CN(C)c1ccc(NCc2ccn[nH]2)cc1Cl. The molecule has 17 heavy (non-hydrogen) atoms. The number of hydrogen-bond donors (Lipinski definition) is 2. The molecule has 0 radical (unpaired) electrons. The van der Waals surface area contributed by atoms with Gasteiger partial charge in [-0.3, -0.25) is 5.10 Å². The van der Waals surface area contributed by atoms with E-state index in [1.807, 2.05) is 43.3 Å². The lowest BCUT2D eigenvalue weighted by Crippen LogP contribution is -2.09. The van der Waals surface area contributed by atoms with E-state index in [-0.39, 0.29) is 0 Å². The van der Waals surface area contributed by atoms with Crippen LogP contribution in [0.15, 0.2) is 30.5 Å². The maximum Gasteiger partial charge on any atom is 0.0659 e. The molecule has 2 aromatic rings. The second kappa shape index (κ2) is 5.10. The maximum atomic E-state index is 6.18. The zero-order chi connectivity index (χ0) is 12.3. The van der Waals surface area contributed by atoms with Crippen LogP contribution >= 0.6 is 11.6 Å². The lowest BCUT2D eigenvalue weighted by atomic mass is 10.2. The van der Waals surface area contributed by atoms with Crippen LogP contribution in [0.2, 0.25) is 5.02 Å². The van der Waals surface area contributed by atoms with Gasteiger partial charge in [0.2, 0.25) is 0 Å². The zero-order valence-electron chi connectivity index (χ0n) is 9.87. The van der Waals surface area contributed by atoms with E-state index >= 15 is 0 Å². The molecule has 0 aliphatic rings. The first-order chi connectivity index (χ1) is 8.16. The Kier molecular flexibility index (Phi) is 3.54. The van der Waals surface area contributed by atoms with Crippen LogP contribution in [-0.2, 0) is 6.54 Å². The van der Waals surface area contributed by atoms with Crippen molar-refractivity contribution in [3.8, 4) is 0 Å². The van der Waals surface area contributed by atoms with Crippen molar-refractivity contribution in [3.05, 3.63) is 41.2 Å². The summed E-state index contributed by atoms with van der Waals surface area (Å²) in [5.41, 5.74) is 3.05. The lowest BCUT2D eigenvalue weighted by Gasteiger charge is -2.15. The molecule has 1 aromatic carbocycles. The third-order valence-electron chi connectivity index (χ3n) is 2.47. The van der Waals surface area contributed by atoms with Gasteiger partial charge in [0.15, 0.2) is 0 Å². The molecule has 2 N–H and O–H groups in total. The summed E-state index contributed by atoms with van der Waals surface area (Å²) in [5.74, 6) is 0. The van der Waals surface area contributed by atoms with Crippen LogP contribution in [0.5, 0.6) is 0 Å². The van der Waals surface area contributed by atoms with E-state index in [4.69, 9.17) is 11.6 Å². The highest BCUT2D eigenvalue weighted by molar-refractivity contribution is 6.33. The summed E-state index contributed by atoms with van der Waals surface area (Å²) in [5, 5.41) is 10.8. The number of aromatic nitrogens is 2. The van der Waals surface area contributed by atoms with E-state index in [1.54, 1.807) is 6.20 Å². The van der Waals surface area contributed by atoms with Crippen molar-refractivity contribution in [3.63, 3.8) is 0 Å². The van der Waals surface area contributed by atoms with E-state index in [0.717, 1.165) is 22.1 Å². The molecule has 5 heteroatoms. The summed E-state index contributed by atoms with van der Waals surface area (Å²) >= 11 is 6.18. The summed E-state index contributed by atoms with van der Waals surface area (Å²) in [6, 6.07) is 7.87. The predicted octanol–water partition coefficient (Wildman–Crippen LogP) is 2.74. The minimum absolute atomic E-state index is 0.706. The number of nitrogens with one attached hydrogen (secondary N) is 2. The molecule has 0 aliphatic carbocycles. The predicted molar refractivity (Wildman–Crippen MR) is 71.7 cm³/mol. The molecule has 0 unspecified atom stereocenters. The molecular weight excluding hydrogens is 236 g/mol. The van der Waals surface area contributed by atoms with E-state index in [0.29, 0.717) is 6.54 Å². The third-order valence-corrected chi connectivity index (χ3v) is 2.77. The smallest absolute Gasteiger partial charge is 0.0659 e. The average Bonchev–Trinajstić information content (AvgIpc) is 2.78. The molecule has 2 rings (SSSR count). The molecule has 0 bridgehead atoms. The molecule has 0 amide bonds. The Labute approximate surface area is 106 Å². The van der Waals surface area contributed by atoms with Crippen molar-refractivity contribution in [2.45, 2.75) is 6.54 Å². The van der Waals surface area contributed by atoms with Gasteiger partial charge < -0.3 is 10.2 Å². The topological polar surface area (TPSA) is 44.0 Å². The van der Waals surface area contributed by atoms with Crippen molar-refractivity contribution >= 4 is 23.0 Å². The van der Waals surface area contributed by atoms with Gasteiger partial charge in [-0.05, 0) is 24.3 Å². The second-order valence-electron chi connectivity index (χ2n) is 4.00. The first kappa shape index (κ1) is 11.8. The van der Waals surface area contributed by atoms with Crippen LogP contribution in [0, 0.1) is 0 Å². The van der Waals surface area contributed by atoms with Gasteiger partial charge in [-0.25, -0.2) is 0 Å². The fourth-order valence-corrected chi connectivity index (χ4v) is 1.91. The van der Waals surface area contributed by atoms with Crippen molar-refractivity contribution in [2.75, 3.05) is 24.3 Å². The van der Waals surface area contributed by atoms with Gasteiger partial charge in [-0.2, -0.15) is 5.10 Å². The van der Waals surface area contributed by atoms with E-state index in [1.165, 1.54) is 0 Å². The van der Waals surface area contributed by atoms with Gasteiger partial charge in [-0.1, -0.05) is 11.6 Å². The molecule has 0 aliphatic heterocycles. The van der Waals surface area contributed by atoms with Crippen molar-refractivity contribution in [2.24, 2.45) is 0 Å². The van der Waals surface area contributed by atoms with Crippen LogP contribution in [-0.4, -0.2) is 24.3 Å². The Morgan fingerprint density at radius 2 is 2.18 bits per heavy atom. The van der Waals surface area contributed by atoms with Gasteiger partial charge in [-0.15, -0.1) is 0 Å². The van der Waals surface area contributed by atoms with Crippen molar-refractivity contribution in [1.82, 2.24) is 10.2 Å². The van der Waals surface area contributed by atoms with Crippen molar-refractivity contribution < 1.29 is 0 Å². The van der Waals surface area contributed by atoms with Gasteiger partial charge in [0, 0.05) is 26.0 Å². The second-order valence-corrected chi connectivity index (χ2v) is 4.40. The zero-order valence-corrected chi connectivity index (χ0v) is 10.6. The summed E-state index contributed by atoms with van der Waals surface area (Å²) in [6.45, 7) is 0.706. The molecule has 0 saturated carbocycles. The number of anilines is 2. The Morgan fingerprint density at radius 3 is 2.76 bits per heavy atom. The fourth-order valence-electron chi connectivity index (χ4n) is 1.56. The monoisotopic (exact) mass is 250 g/mol. The highest BCUT2D eigenvalue weighted by Gasteiger charge is 2.03. The molecule has 4 nitrogen and oxygen atoms in total. The Bertz CT molecular complexity index is 479. The summed E-state index contributed by atoms with van der Waals surface area (Å²) in [6.07, 6.45) is 1.74. The first-order valence-electron chi connectivity index (χ1n) is 5.36. The quantitative estimate of drug-likeness (QED) is 0.877. The third kappa shape index (κ3) is 2.91. The van der Waals surface area contributed by atoms with Crippen LogP contribution in [0.25, 0.3) is 0 Å². The highest BCUT2D eigenvalue weighted by Crippen LogP contribution is 2.27. The number of nitrogens with zero attached hydrogens (tertiary/aromatic N) is 2. The average molecular weight is 251 g/mol.